The van der Waals surface area contributed by atoms with Crippen LogP contribution in [0, 0.1) is 0 Å². The highest BCUT2D eigenvalue weighted by atomic mass is 32.2. The van der Waals surface area contributed by atoms with Gasteiger partial charge in [0.25, 0.3) is 0 Å². The summed E-state index contributed by atoms with van der Waals surface area (Å²) in [7, 11) is 1.36. The van der Waals surface area contributed by atoms with Gasteiger partial charge in [0, 0.05) is 17.9 Å². The number of rotatable bonds is 7. The second-order valence-electron chi connectivity index (χ2n) is 8.81. The summed E-state index contributed by atoms with van der Waals surface area (Å²) < 4.78 is 10.1. The first-order valence-electron chi connectivity index (χ1n) is 11.2. The van der Waals surface area contributed by atoms with Crippen molar-refractivity contribution < 1.29 is 23.9 Å². The Hall–Kier alpha value is -3.58. The molecule has 182 valence electrons. The van der Waals surface area contributed by atoms with Crippen LogP contribution in [0.2, 0.25) is 0 Å². The summed E-state index contributed by atoms with van der Waals surface area (Å²) in [5, 5.41) is 2.52. The second kappa shape index (κ2) is 11.7. The lowest BCUT2D eigenvalue weighted by Gasteiger charge is -2.18. The maximum Gasteiger partial charge on any atom is 0.367 e. The maximum absolute atomic E-state index is 12.5. The molecule has 35 heavy (non-hydrogen) atoms. The van der Waals surface area contributed by atoms with Crippen LogP contribution in [0.3, 0.4) is 0 Å². The molecule has 0 aliphatic carbocycles. The summed E-state index contributed by atoms with van der Waals surface area (Å²) in [6, 6.07) is 22.7. The number of carbonyl (C=O) groups excluding carboxylic acids is 3. The zero-order valence-corrected chi connectivity index (χ0v) is 21.1. The Morgan fingerprint density at radius 1 is 0.857 bits per heavy atom. The molecule has 0 heterocycles. The topological polar surface area (TPSA) is 81.7 Å². The van der Waals surface area contributed by atoms with Gasteiger partial charge in [0.15, 0.2) is 0 Å². The Labute approximate surface area is 210 Å². The highest BCUT2D eigenvalue weighted by molar-refractivity contribution is 8.13. The molecule has 6 nitrogen and oxygen atoms in total. The van der Waals surface area contributed by atoms with E-state index in [0.717, 1.165) is 34.0 Å². The molecule has 3 rings (SSSR count). The van der Waals surface area contributed by atoms with Gasteiger partial charge in [0.05, 0.1) is 12.7 Å². The molecule has 1 N–H and O–H groups in total. The fraction of sp³-hybridized carbons (Fsp3) is 0.250. The molecule has 3 aromatic rings. The number of thioether (sulfide) groups is 1. The summed E-state index contributed by atoms with van der Waals surface area (Å²) in [5.41, 5.74) is 4.21. The quantitative estimate of drug-likeness (QED) is 0.366. The Morgan fingerprint density at radius 2 is 1.57 bits per heavy atom. The average molecular weight is 492 g/mol. The zero-order chi connectivity index (χ0) is 25.4. The van der Waals surface area contributed by atoms with E-state index in [0.29, 0.717) is 17.0 Å². The Morgan fingerprint density at radius 3 is 2.26 bits per heavy atom. The monoisotopic (exact) mass is 491 g/mol. The first kappa shape index (κ1) is 26.0. The fourth-order valence-corrected chi connectivity index (χ4v) is 4.15. The van der Waals surface area contributed by atoms with Crippen LogP contribution in [0.5, 0.6) is 0 Å². The van der Waals surface area contributed by atoms with Gasteiger partial charge in [-0.2, -0.15) is 0 Å². The summed E-state index contributed by atoms with van der Waals surface area (Å²) in [5.74, 6) is -0.271. The van der Waals surface area contributed by atoms with Crippen LogP contribution in [-0.4, -0.2) is 35.6 Å². The molecule has 0 unspecified atom stereocenters. The third-order valence-corrected chi connectivity index (χ3v) is 5.65. The number of amides is 1. The Kier molecular flexibility index (Phi) is 8.71. The van der Waals surface area contributed by atoms with Crippen LogP contribution in [0.15, 0.2) is 72.8 Å². The first-order chi connectivity index (χ1) is 16.7. The molecule has 0 atom stereocenters. The van der Waals surface area contributed by atoms with Gasteiger partial charge in [0.1, 0.15) is 5.60 Å². The number of hydrogen-bond acceptors (Lipinski definition) is 6. The molecule has 0 aliphatic rings. The number of carbonyl (C=O) groups is 3. The molecule has 7 heteroatoms. The van der Waals surface area contributed by atoms with E-state index in [-0.39, 0.29) is 12.3 Å². The summed E-state index contributed by atoms with van der Waals surface area (Å²) in [4.78, 5) is 36.4. The van der Waals surface area contributed by atoms with Crippen molar-refractivity contribution in [2.24, 2.45) is 0 Å². The zero-order valence-electron chi connectivity index (χ0n) is 20.3. The van der Waals surface area contributed by atoms with Gasteiger partial charge in [-0.3, -0.25) is 4.79 Å². The minimum atomic E-state index is -0.557. The van der Waals surface area contributed by atoms with E-state index in [1.807, 2.05) is 60.7 Å². The predicted octanol–water partition coefficient (Wildman–Crippen LogP) is 6.80. The van der Waals surface area contributed by atoms with Crippen LogP contribution in [0.25, 0.3) is 22.3 Å². The molecule has 0 aromatic heterocycles. The van der Waals surface area contributed by atoms with Crippen molar-refractivity contribution in [1.82, 2.24) is 0 Å². The molecule has 0 fully saturated rings. The molecule has 3 aromatic carbocycles. The minimum Gasteiger partial charge on any atom is -0.465 e. The first-order valence-corrected chi connectivity index (χ1v) is 12.2. The normalized spacial score (nSPS) is 11.0. The van der Waals surface area contributed by atoms with E-state index in [2.05, 4.69) is 5.32 Å². The van der Waals surface area contributed by atoms with E-state index in [1.165, 1.54) is 7.11 Å². The van der Waals surface area contributed by atoms with E-state index in [1.54, 1.807) is 32.9 Å². The van der Waals surface area contributed by atoms with Crippen LogP contribution in [0.4, 0.5) is 10.5 Å². The van der Waals surface area contributed by atoms with Crippen molar-refractivity contribution in [3.05, 3.63) is 78.4 Å². The molecule has 0 saturated heterocycles. The largest absolute Gasteiger partial charge is 0.465 e. The number of nitrogens with one attached hydrogen (secondary N) is 1. The van der Waals surface area contributed by atoms with Gasteiger partial charge in [-0.25, -0.2) is 9.59 Å². The van der Waals surface area contributed by atoms with Gasteiger partial charge < -0.3 is 14.8 Å². The van der Waals surface area contributed by atoms with Gasteiger partial charge in [-0.15, -0.1) is 0 Å². The number of esters is 1. The van der Waals surface area contributed by atoms with Gasteiger partial charge in [-0.05, 0) is 79.1 Å². The van der Waals surface area contributed by atoms with Crippen molar-refractivity contribution >= 4 is 34.6 Å². The maximum atomic E-state index is 12.5. The SMILES string of the molecule is COC(=O)c1cccc(-c2ccc(NC(=O)CCSC(=O)OC(C)(C)C)cc2-c2ccccc2)c1. The number of anilines is 1. The lowest BCUT2D eigenvalue weighted by molar-refractivity contribution is -0.115. The number of hydrogen-bond donors (Lipinski definition) is 1. The lowest BCUT2D eigenvalue weighted by Crippen LogP contribution is -2.21. The van der Waals surface area contributed by atoms with Crippen molar-refractivity contribution in [3.63, 3.8) is 0 Å². The third kappa shape index (κ3) is 7.72. The number of ether oxygens (including phenoxy) is 2. The van der Waals surface area contributed by atoms with Crippen molar-refractivity contribution in [2.45, 2.75) is 32.8 Å². The van der Waals surface area contributed by atoms with E-state index in [9.17, 15) is 14.4 Å². The summed E-state index contributed by atoms with van der Waals surface area (Å²) in [6.07, 6.45) is 0.174. The number of benzene rings is 3. The van der Waals surface area contributed by atoms with E-state index < -0.39 is 16.9 Å². The summed E-state index contributed by atoms with van der Waals surface area (Å²) >= 11 is 0.988. The van der Waals surface area contributed by atoms with E-state index >= 15 is 0 Å². The van der Waals surface area contributed by atoms with E-state index in [4.69, 9.17) is 9.47 Å². The highest BCUT2D eigenvalue weighted by Crippen LogP contribution is 2.35. The number of methoxy groups -OCH3 is 1. The Bertz CT molecular complexity index is 1200. The molecule has 0 saturated carbocycles. The van der Waals surface area contributed by atoms with Gasteiger partial charge >= 0.3 is 11.3 Å². The van der Waals surface area contributed by atoms with Crippen molar-refractivity contribution in [2.75, 3.05) is 18.2 Å². The van der Waals surface area contributed by atoms with Crippen LogP contribution < -0.4 is 5.32 Å². The van der Waals surface area contributed by atoms with Crippen LogP contribution in [0.1, 0.15) is 37.6 Å². The highest BCUT2D eigenvalue weighted by Gasteiger charge is 2.17. The third-order valence-electron chi connectivity index (χ3n) is 4.92. The molecule has 1 amide bonds. The summed E-state index contributed by atoms with van der Waals surface area (Å²) in [6.45, 7) is 5.41. The second-order valence-corrected chi connectivity index (χ2v) is 9.84. The molecule has 0 radical (unpaired) electrons. The molecular weight excluding hydrogens is 462 g/mol. The molecular formula is C28H29NO5S. The van der Waals surface area contributed by atoms with Crippen molar-refractivity contribution in [3.8, 4) is 22.3 Å². The molecule has 0 aliphatic heterocycles. The lowest BCUT2D eigenvalue weighted by atomic mass is 9.93. The van der Waals surface area contributed by atoms with Gasteiger partial charge in [0.2, 0.25) is 5.91 Å². The Balaban J connectivity index is 1.80. The van der Waals surface area contributed by atoms with Crippen molar-refractivity contribution in [1.29, 1.82) is 0 Å². The minimum absolute atomic E-state index is 0.174. The average Bonchev–Trinajstić information content (AvgIpc) is 2.83. The predicted molar refractivity (Wildman–Crippen MR) is 141 cm³/mol. The van der Waals surface area contributed by atoms with Crippen LogP contribution >= 0.6 is 11.8 Å². The fourth-order valence-electron chi connectivity index (χ4n) is 3.39. The van der Waals surface area contributed by atoms with Gasteiger partial charge in [-0.1, -0.05) is 48.5 Å². The molecule has 0 bridgehead atoms. The molecule has 0 spiro atoms. The standard InChI is InChI=1S/C28H29NO5S/c1-28(2,3)34-27(32)35-16-15-25(30)29-22-13-14-23(24(18-22)19-9-6-5-7-10-19)20-11-8-12-21(17-20)26(31)33-4/h5-14,17-18H,15-16H2,1-4H3,(H,29,30). The van der Waals surface area contributed by atoms with Crippen LogP contribution in [-0.2, 0) is 14.3 Å². The smallest absolute Gasteiger partial charge is 0.367 e.